The van der Waals surface area contributed by atoms with Crippen LogP contribution in [0.1, 0.15) is 33.1 Å². The number of carbonyl (C=O) groups excluding carboxylic acids is 1. The van der Waals surface area contributed by atoms with Gasteiger partial charge in [0.2, 0.25) is 5.91 Å². The number of hydrogen-bond acceptors (Lipinski definition) is 2. The molecule has 1 N–H and O–H groups in total. The zero-order chi connectivity index (χ0) is 11.0. The predicted octanol–water partition coefficient (Wildman–Crippen LogP) is 1.57. The third kappa shape index (κ3) is 5.75. The van der Waals surface area contributed by atoms with Gasteiger partial charge >= 0.3 is 0 Å². The number of carbonyl (C=O) groups is 1. The van der Waals surface area contributed by atoms with Crippen molar-refractivity contribution in [3.05, 3.63) is 12.7 Å². The van der Waals surface area contributed by atoms with Gasteiger partial charge in [0.15, 0.2) is 0 Å². The molecule has 82 valence electrons. The highest BCUT2D eigenvalue weighted by Gasteiger charge is 2.11. The quantitative estimate of drug-likeness (QED) is 0.632. The molecule has 0 radical (unpaired) electrons. The van der Waals surface area contributed by atoms with Crippen LogP contribution in [0.5, 0.6) is 0 Å². The minimum Gasteiger partial charge on any atom is -0.393 e. The lowest BCUT2D eigenvalue weighted by Gasteiger charge is -2.20. The molecule has 0 saturated heterocycles. The van der Waals surface area contributed by atoms with Crippen molar-refractivity contribution in [2.45, 2.75) is 39.2 Å². The molecule has 0 saturated carbocycles. The maximum Gasteiger partial charge on any atom is 0.222 e. The van der Waals surface area contributed by atoms with Gasteiger partial charge in [0.25, 0.3) is 0 Å². The van der Waals surface area contributed by atoms with Crippen molar-refractivity contribution >= 4 is 5.91 Å². The van der Waals surface area contributed by atoms with Crippen molar-refractivity contribution in [2.24, 2.45) is 0 Å². The van der Waals surface area contributed by atoms with Crippen molar-refractivity contribution in [2.75, 3.05) is 13.1 Å². The normalized spacial score (nSPS) is 12.2. The zero-order valence-corrected chi connectivity index (χ0v) is 9.20. The maximum atomic E-state index is 11.6. The third-order valence-corrected chi connectivity index (χ3v) is 1.97. The van der Waals surface area contributed by atoms with Crippen LogP contribution in [0, 0.1) is 0 Å². The average Bonchev–Trinajstić information content (AvgIpc) is 2.14. The van der Waals surface area contributed by atoms with Gasteiger partial charge in [-0.15, -0.1) is 6.58 Å². The summed E-state index contributed by atoms with van der Waals surface area (Å²) in [4.78, 5) is 13.4. The summed E-state index contributed by atoms with van der Waals surface area (Å²) < 4.78 is 0. The smallest absolute Gasteiger partial charge is 0.222 e. The summed E-state index contributed by atoms with van der Waals surface area (Å²) in [6.45, 7) is 8.73. The first-order valence-electron chi connectivity index (χ1n) is 5.18. The van der Waals surface area contributed by atoms with Gasteiger partial charge in [0.05, 0.1) is 6.10 Å². The number of aliphatic hydroxyl groups is 1. The van der Waals surface area contributed by atoms with E-state index in [9.17, 15) is 4.79 Å². The van der Waals surface area contributed by atoms with Gasteiger partial charge < -0.3 is 10.0 Å². The maximum absolute atomic E-state index is 11.6. The van der Waals surface area contributed by atoms with Crippen LogP contribution in [0.3, 0.4) is 0 Å². The Morgan fingerprint density at radius 3 is 2.71 bits per heavy atom. The molecule has 0 spiro atoms. The summed E-state index contributed by atoms with van der Waals surface area (Å²) in [5, 5.41) is 9.05. The van der Waals surface area contributed by atoms with Gasteiger partial charge in [0, 0.05) is 19.5 Å². The molecule has 0 aliphatic carbocycles. The van der Waals surface area contributed by atoms with E-state index in [0.717, 1.165) is 13.0 Å². The molecule has 3 heteroatoms. The fourth-order valence-corrected chi connectivity index (χ4v) is 1.23. The first-order chi connectivity index (χ1) is 6.61. The van der Waals surface area contributed by atoms with Gasteiger partial charge in [-0.1, -0.05) is 13.0 Å². The second kappa shape index (κ2) is 7.56. The highest BCUT2D eigenvalue weighted by atomic mass is 16.3. The lowest BCUT2D eigenvalue weighted by atomic mass is 10.2. The Morgan fingerprint density at radius 2 is 2.29 bits per heavy atom. The predicted molar refractivity (Wildman–Crippen MR) is 58.0 cm³/mol. The molecule has 0 aliphatic heterocycles. The minimum absolute atomic E-state index is 0.104. The van der Waals surface area contributed by atoms with Crippen LogP contribution in [0.4, 0.5) is 0 Å². The van der Waals surface area contributed by atoms with E-state index in [-0.39, 0.29) is 5.91 Å². The van der Waals surface area contributed by atoms with Crippen molar-refractivity contribution < 1.29 is 9.90 Å². The molecule has 1 amide bonds. The van der Waals surface area contributed by atoms with Crippen molar-refractivity contribution in [3.63, 3.8) is 0 Å². The van der Waals surface area contributed by atoms with Crippen LogP contribution < -0.4 is 0 Å². The molecular formula is C11H21NO2. The fraction of sp³-hybridized carbons (Fsp3) is 0.727. The van der Waals surface area contributed by atoms with Crippen LogP contribution in [-0.4, -0.2) is 35.1 Å². The summed E-state index contributed by atoms with van der Waals surface area (Å²) in [7, 11) is 0. The van der Waals surface area contributed by atoms with Crippen molar-refractivity contribution in [1.29, 1.82) is 0 Å². The second-order valence-corrected chi connectivity index (χ2v) is 3.52. The summed E-state index contributed by atoms with van der Waals surface area (Å²) in [5.41, 5.74) is 0. The summed E-state index contributed by atoms with van der Waals surface area (Å²) in [6.07, 6.45) is 3.25. The average molecular weight is 199 g/mol. The molecular weight excluding hydrogens is 178 g/mol. The number of nitrogens with zero attached hydrogens (tertiary/aromatic N) is 1. The third-order valence-electron chi connectivity index (χ3n) is 1.97. The monoisotopic (exact) mass is 199 g/mol. The molecule has 3 nitrogen and oxygen atoms in total. The standard InChI is InChI=1S/C11H21NO2/c1-4-8-12(9-5-2)11(14)7-6-10(3)13/h4,10,13H,1,5-9H2,2-3H3. The Kier molecular flexibility index (Phi) is 7.11. The van der Waals surface area contributed by atoms with E-state index in [2.05, 4.69) is 6.58 Å². The first kappa shape index (κ1) is 13.2. The van der Waals surface area contributed by atoms with Crippen molar-refractivity contribution in [1.82, 2.24) is 4.90 Å². The molecule has 0 heterocycles. The number of amides is 1. The van der Waals surface area contributed by atoms with E-state index in [1.165, 1.54) is 0 Å². The van der Waals surface area contributed by atoms with Crippen LogP contribution in [0.2, 0.25) is 0 Å². The highest BCUT2D eigenvalue weighted by Crippen LogP contribution is 2.02. The van der Waals surface area contributed by atoms with E-state index < -0.39 is 6.10 Å². The Labute approximate surface area is 86.4 Å². The molecule has 1 unspecified atom stereocenters. The molecule has 0 aromatic heterocycles. The van der Waals surface area contributed by atoms with Crippen LogP contribution >= 0.6 is 0 Å². The Balaban J connectivity index is 3.94. The highest BCUT2D eigenvalue weighted by molar-refractivity contribution is 5.76. The minimum atomic E-state index is -0.397. The molecule has 0 fully saturated rings. The van der Waals surface area contributed by atoms with Crippen molar-refractivity contribution in [3.8, 4) is 0 Å². The summed E-state index contributed by atoms with van der Waals surface area (Å²) in [5.74, 6) is 0.104. The fourth-order valence-electron chi connectivity index (χ4n) is 1.23. The first-order valence-corrected chi connectivity index (χ1v) is 5.18. The van der Waals surface area contributed by atoms with E-state index >= 15 is 0 Å². The number of rotatable bonds is 7. The molecule has 0 rings (SSSR count). The SMILES string of the molecule is C=CCN(CCC)C(=O)CCC(C)O. The molecule has 14 heavy (non-hydrogen) atoms. The Hall–Kier alpha value is -0.830. The van der Waals surface area contributed by atoms with E-state index in [1.54, 1.807) is 17.9 Å². The van der Waals surface area contributed by atoms with E-state index in [1.807, 2.05) is 6.92 Å². The number of aliphatic hydroxyl groups excluding tert-OH is 1. The lowest BCUT2D eigenvalue weighted by Crippen LogP contribution is -2.32. The zero-order valence-electron chi connectivity index (χ0n) is 9.20. The molecule has 0 aromatic carbocycles. The van der Waals surface area contributed by atoms with E-state index in [4.69, 9.17) is 5.11 Å². The van der Waals surface area contributed by atoms with E-state index in [0.29, 0.717) is 19.4 Å². The van der Waals surface area contributed by atoms with Gasteiger partial charge in [-0.3, -0.25) is 4.79 Å². The molecule has 1 atom stereocenters. The van der Waals surface area contributed by atoms with Gasteiger partial charge in [-0.2, -0.15) is 0 Å². The molecule has 0 aromatic rings. The van der Waals surface area contributed by atoms with Gasteiger partial charge in [0.1, 0.15) is 0 Å². The Morgan fingerprint density at radius 1 is 1.64 bits per heavy atom. The van der Waals surface area contributed by atoms with Gasteiger partial charge in [-0.25, -0.2) is 0 Å². The summed E-state index contributed by atoms with van der Waals surface area (Å²) in [6, 6.07) is 0. The Bertz CT molecular complexity index is 178. The van der Waals surface area contributed by atoms with Crippen LogP contribution in [0.25, 0.3) is 0 Å². The van der Waals surface area contributed by atoms with Crippen LogP contribution in [0.15, 0.2) is 12.7 Å². The summed E-state index contributed by atoms with van der Waals surface area (Å²) >= 11 is 0. The van der Waals surface area contributed by atoms with Crippen LogP contribution in [-0.2, 0) is 4.79 Å². The topological polar surface area (TPSA) is 40.5 Å². The number of hydrogen-bond donors (Lipinski definition) is 1. The lowest BCUT2D eigenvalue weighted by molar-refractivity contribution is -0.131. The van der Waals surface area contributed by atoms with Gasteiger partial charge in [-0.05, 0) is 19.8 Å². The molecule has 0 aliphatic rings. The largest absolute Gasteiger partial charge is 0.393 e. The molecule has 0 bridgehead atoms. The second-order valence-electron chi connectivity index (χ2n) is 3.52.